The first kappa shape index (κ1) is 25.5. The number of benzene rings is 1. The Morgan fingerprint density at radius 2 is 1.74 bits per heavy atom. The second kappa shape index (κ2) is 13.0. The average Bonchev–Trinajstić information content (AvgIpc) is 3.00. The fourth-order valence-electron chi connectivity index (χ4n) is 4.33. The zero-order valence-electron chi connectivity index (χ0n) is 17.5. The van der Waals surface area contributed by atoms with Crippen molar-refractivity contribution in [1.82, 2.24) is 5.48 Å². The fraction of sp³-hybridized carbons (Fsp3) is 0.636. The van der Waals surface area contributed by atoms with Crippen molar-refractivity contribution in [2.24, 2.45) is 11.8 Å². The van der Waals surface area contributed by atoms with Crippen molar-refractivity contribution in [3.05, 3.63) is 29.3 Å². The van der Waals surface area contributed by atoms with Gasteiger partial charge in [0.05, 0.1) is 12.2 Å². The minimum absolute atomic E-state index is 0.0843. The Labute approximate surface area is 187 Å². The molecule has 0 aliphatic heterocycles. The van der Waals surface area contributed by atoms with Crippen LogP contribution in [0.4, 0.5) is 5.69 Å². The van der Waals surface area contributed by atoms with Gasteiger partial charge in [-0.05, 0) is 62.1 Å². The number of hydrogen-bond acceptors (Lipinski definition) is 6. The molecule has 9 heteroatoms. The van der Waals surface area contributed by atoms with Crippen LogP contribution in [0.2, 0.25) is 5.02 Å². The molecule has 174 valence electrons. The van der Waals surface area contributed by atoms with E-state index in [1.807, 2.05) is 0 Å². The molecule has 0 saturated heterocycles. The number of carbonyl (C=O) groups excluding carboxylic acids is 2. The molecule has 2 amide bonds. The molecule has 0 bridgehead atoms. The van der Waals surface area contributed by atoms with Gasteiger partial charge in [0.25, 0.3) is 5.91 Å². The first-order chi connectivity index (χ1) is 14.8. The van der Waals surface area contributed by atoms with Crippen molar-refractivity contribution in [2.45, 2.75) is 76.1 Å². The Balaban J connectivity index is 1.76. The van der Waals surface area contributed by atoms with Gasteiger partial charge < -0.3 is 20.6 Å². The normalized spacial score (nSPS) is 24.0. The second-order valence-corrected chi connectivity index (χ2v) is 8.72. The van der Waals surface area contributed by atoms with Gasteiger partial charge in [-0.15, -0.1) is 0 Å². The summed E-state index contributed by atoms with van der Waals surface area (Å²) in [6.07, 6.45) is 2.72. The van der Waals surface area contributed by atoms with Gasteiger partial charge in [-0.25, -0.2) is 5.48 Å². The third kappa shape index (κ3) is 8.38. The van der Waals surface area contributed by atoms with Crippen molar-refractivity contribution in [3.8, 4) is 0 Å². The molecule has 1 aliphatic rings. The Kier molecular flexibility index (Phi) is 10.7. The van der Waals surface area contributed by atoms with Gasteiger partial charge in [-0.2, -0.15) is 0 Å². The summed E-state index contributed by atoms with van der Waals surface area (Å²) >= 11 is 5.90. The van der Waals surface area contributed by atoms with Crippen LogP contribution in [0.5, 0.6) is 0 Å². The molecule has 1 fully saturated rings. The number of halogens is 1. The summed E-state index contributed by atoms with van der Waals surface area (Å²) in [6, 6.07) is 6.66. The third-order valence-electron chi connectivity index (χ3n) is 6.01. The summed E-state index contributed by atoms with van der Waals surface area (Å²) in [5.74, 6) is -1.19. The molecular formula is C22H33ClN2O6. The van der Waals surface area contributed by atoms with Gasteiger partial charge in [-0.3, -0.25) is 14.8 Å². The third-order valence-corrected chi connectivity index (χ3v) is 6.24. The number of hydrogen-bond donors (Lipinski definition) is 6. The van der Waals surface area contributed by atoms with E-state index in [-0.39, 0.29) is 24.7 Å². The molecule has 1 saturated carbocycles. The SMILES string of the molecule is O=C(CCCCCCC1C(O)CC(O)C1CCC(O)C(=O)Nc1cccc(Cl)c1)NO. The molecular weight excluding hydrogens is 424 g/mol. The van der Waals surface area contributed by atoms with E-state index in [1.54, 1.807) is 29.7 Å². The zero-order chi connectivity index (χ0) is 22.8. The minimum atomic E-state index is -1.22. The number of aliphatic hydroxyl groups is 3. The first-order valence-electron chi connectivity index (χ1n) is 10.9. The van der Waals surface area contributed by atoms with Crippen molar-refractivity contribution in [2.75, 3.05) is 5.32 Å². The number of aliphatic hydroxyl groups excluding tert-OH is 3. The van der Waals surface area contributed by atoms with Crippen molar-refractivity contribution in [1.29, 1.82) is 0 Å². The van der Waals surface area contributed by atoms with Crippen molar-refractivity contribution < 1.29 is 30.1 Å². The Bertz CT molecular complexity index is 719. The van der Waals surface area contributed by atoms with E-state index >= 15 is 0 Å². The topological polar surface area (TPSA) is 139 Å². The van der Waals surface area contributed by atoms with Gasteiger partial charge in [0.1, 0.15) is 6.10 Å². The van der Waals surface area contributed by atoms with Crippen LogP contribution in [-0.2, 0) is 9.59 Å². The largest absolute Gasteiger partial charge is 0.393 e. The van der Waals surface area contributed by atoms with E-state index in [0.29, 0.717) is 30.0 Å². The lowest BCUT2D eigenvalue weighted by Gasteiger charge is -2.24. The van der Waals surface area contributed by atoms with Crippen LogP contribution in [0.15, 0.2) is 24.3 Å². The lowest BCUT2D eigenvalue weighted by Crippen LogP contribution is -2.30. The second-order valence-electron chi connectivity index (χ2n) is 8.28. The Morgan fingerprint density at radius 1 is 1.06 bits per heavy atom. The van der Waals surface area contributed by atoms with Crippen LogP contribution in [0, 0.1) is 11.8 Å². The van der Waals surface area contributed by atoms with E-state index in [2.05, 4.69) is 5.32 Å². The van der Waals surface area contributed by atoms with E-state index < -0.39 is 30.1 Å². The molecule has 0 spiro atoms. The van der Waals surface area contributed by atoms with Crippen LogP contribution >= 0.6 is 11.6 Å². The van der Waals surface area contributed by atoms with Gasteiger partial charge in [0, 0.05) is 17.1 Å². The predicted molar refractivity (Wildman–Crippen MR) is 117 cm³/mol. The van der Waals surface area contributed by atoms with Gasteiger partial charge in [0.2, 0.25) is 5.91 Å². The highest BCUT2D eigenvalue weighted by Crippen LogP contribution is 2.39. The Hall–Kier alpha value is -1.71. The van der Waals surface area contributed by atoms with Crippen LogP contribution in [-0.4, -0.2) is 50.7 Å². The van der Waals surface area contributed by atoms with Crippen LogP contribution in [0.3, 0.4) is 0 Å². The van der Waals surface area contributed by atoms with E-state index in [0.717, 1.165) is 25.7 Å². The fourth-order valence-corrected chi connectivity index (χ4v) is 4.52. The highest BCUT2D eigenvalue weighted by molar-refractivity contribution is 6.30. The van der Waals surface area contributed by atoms with E-state index in [9.17, 15) is 24.9 Å². The number of carbonyl (C=O) groups is 2. The summed E-state index contributed by atoms with van der Waals surface area (Å²) < 4.78 is 0. The lowest BCUT2D eigenvalue weighted by atomic mass is 9.85. The van der Waals surface area contributed by atoms with Gasteiger partial charge in [0.15, 0.2) is 0 Å². The van der Waals surface area contributed by atoms with E-state index in [4.69, 9.17) is 16.8 Å². The number of anilines is 1. The van der Waals surface area contributed by atoms with Gasteiger partial charge in [-0.1, -0.05) is 36.9 Å². The average molecular weight is 457 g/mol. The van der Waals surface area contributed by atoms with Crippen LogP contribution < -0.4 is 10.8 Å². The molecule has 0 radical (unpaired) electrons. The zero-order valence-corrected chi connectivity index (χ0v) is 18.3. The minimum Gasteiger partial charge on any atom is -0.393 e. The molecule has 1 aromatic rings. The highest BCUT2D eigenvalue weighted by Gasteiger charge is 2.41. The molecule has 5 unspecified atom stereocenters. The summed E-state index contributed by atoms with van der Waals surface area (Å²) in [5.41, 5.74) is 2.11. The molecule has 0 heterocycles. The van der Waals surface area contributed by atoms with Crippen LogP contribution in [0.25, 0.3) is 0 Å². The predicted octanol–water partition coefficient (Wildman–Crippen LogP) is 2.62. The summed E-state index contributed by atoms with van der Waals surface area (Å²) in [5, 5.41) is 42.5. The molecule has 5 atom stereocenters. The maximum absolute atomic E-state index is 12.2. The number of unbranched alkanes of at least 4 members (excludes halogenated alkanes) is 3. The number of rotatable bonds is 12. The summed E-state index contributed by atoms with van der Waals surface area (Å²) in [7, 11) is 0. The van der Waals surface area contributed by atoms with Crippen LogP contribution in [0.1, 0.15) is 57.8 Å². The quantitative estimate of drug-likeness (QED) is 0.162. The monoisotopic (exact) mass is 456 g/mol. The van der Waals surface area contributed by atoms with E-state index in [1.165, 1.54) is 0 Å². The molecule has 0 aromatic heterocycles. The lowest BCUT2D eigenvalue weighted by molar-refractivity contribution is -0.129. The maximum Gasteiger partial charge on any atom is 0.253 e. The molecule has 2 rings (SSSR count). The summed E-state index contributed by atoms with van der Waals surface area (Å²) in [4.78, 5) is 23.2. The number of nitrogens with one attached hydrogen (secondary N) is 2. The number of hydroxylamine groups is 1. The molecule has 31 heavy (non-hydrogen) atoms. The highest BCUT2D eigenvalue weighted by atomic mass is 35.5. The smallest absolute Gasteiger partial charge is 0.253 e. The van der Waals surface area contributed by atoms with Gasteiger partial charge >= 0.3 is 0 Å². The maximum atomic E-state index is 12.2. The molecule has 1 aliphatic carbocycles. The Morgan fingerprint density at radius 3 is 2.42 bits per heavy atom. The molecule has 8 nitrogen and oxygen atoms in total. The first-order valence-corrected chi connectivity index (χ1v) is 11.2. The summed E-state index contributed by atoms with van der Waals surface area (Å²) in [6.45, 7) is 0. The number of amides is 2. The molecule has 6 N–H and O–H groups in total. The standard InChI is InChI=1S/C22H33ClN2O6/c23-14-6-5-7-15(12-14)24-22(30)18(26)11-10-17-16(19(27)13-20(17)28)8-3-1-2-4-9-21(29)25-31/h5-7,12,16-20,26-28,31H,1-4,8-11,13H2,(H,24,30)(H,25,29). The van der Waals surface area contributed by atoms with Crippen molar-refractivity contribution in [3.63, 3.8) is 0 Å². The van der Waals surface area contributed by atoms with Crippen molar-refractivity contribution >= 4 is 29.1 Å². The molecule has 1 aromatic carbocycles.